The van der Waals surface area contributed by atoms with Gasteiger partial charge in [0, 0.05) is 24.7 Å². The monoisotopic (exact) mass is 228 g/mol. The zero-order chi connectivity index (χ0) is 11.7. The Bertz CT molecular complexity index is 521. The van der Waals surface area contributed by atoms with Crippen molar-refractivity contribution in [2.24, 2.45) is 0 Å². The average molecular weight is 228 g/mol. The highest BCUT2D eigenvalue weighted by molar-refractivity contribution is 5.84. The van der Waals surface area contributed by atoms with E-state index in [0.29, 0.717) is 6.10 Å². The Balaban J connectivity index is 1.90. The molecule has 0 N–H and O–H groups in total. The number of likely N-dealkylation sites (tertiary alicyclic amines) is 1. The predicted octanol–water partition coefficient (Wildman–Crippen LogP) is 2.32. The van der Waals surface area contributed by atoms with Gasteiger partial charge in [-0.1, -0.05) is 12.1 Å². The topological polar surface area (TPSA) is 25.4 Å². The molecule has 1 atom stereocenters. The van der Waals surface area contributed by atoms with E-state index in [-0.39, 0.29) is 0 Å². The van der Waals surface area contributed by atoms with Crippen LogP contribution in [-0.4, -0.2) is 36.1 Å². The molecule has 1 aliphatic rings. The average Bonchev–Trinajstić information content (AvgIpc) is 2.75. The number of aromatic nitrogens is 1. The Morgan fingerprint density at radius 3 is 3.00 bits per heavy atom. The van der Waals surface area contributed by atoms with Crippen molar-refractivity contribution >= 4 is 10.9 Å². The van der Waals surface area contributed by atoms with Gasteiger partial charge in [-0.25, -0.2) is 0 Å². The molecule has 17 heavy (non-hydrogen) atoms. The zero-order valence-electron chi connectivity index (χ0n) is 9.97. The third-order valence-corrected chi connectivity index (χ3v) is 3.25. The lowest BCUT2D eigenvalue weighted by molar-refractivity contribution is 0.210. The van der Waals surface area contributed by atoms with Gasteiger partial charge in [0.05, 0.1) is 5.52 Å². The van der Waals surface area contributed by atoms with E-state index < -0.39 is 0 Å². The van der Waals surface area contributed by atoms with E-state index in [1.54, 1.807) is 0 Å². The molecule has 0 amide bonds. The van der Waals surface area contributed by atoms with Gasteiger partial charge in [-0.2, -0.15) is 0 Å². The van der Waals surface area contributed by atoms with Crippen molar-refractivity contribution < 1.29 is 4.74 Å². The number of hydrogen-bond acceptors (Lipinski definition) is 3. The van der Waals surface area contributed by atoms with Crippen LogP contribution in [0.1, 0.15) is 6.42 Å². The molecule has 0 bridgehead atoms. The molecule has 88 valence electrons. The van der Waals surface area contributed by atoms with Gasteiger partial charge < -0.3 is 9.64 Å². The fourth-order valence-corrected chi connectivity index (χ4v) is 2.34. The van der Waals surface area contributed by atoms with E-state index in [1.165, 1.54) is 0 Å². The first-order valence-corrected chi connectivity index (χ1v) is 6.02. The number of nitrogens with zero attached hydrogens (tertiary/aromatic N) is 2. The Morgan fingerprint density at radius 2 is 2.18 bits per heavy atom. The molecular formula is C14H16N2O. The summed E-state index contributed by atoms with van der Waals surface area (Å²) in [7, 11) is 2.13. The lowest BCUT2D eigenvalue weighted by Gasteiger charge is -2.15. The summed E-state index contributed by atoms with van der Waals surface area (Å²) in [4.78, 5) is 6.64. The summed E-state index contributed by atoms with van der Waals surface area (Å²) < 4.78 is 6.08. The van der Waals surface area contributed by atoms with Crippen LogP contribution in [0.5, 0.6) is 5.75 Å². The number of para-hydroxylation sites is 1. The summed E-state index contributed by atoms with van der Waals surface area (Å²) in [5.74, 6) is 0.955. The molecule has 0 aliphatic carbocycles. The predicted molar refractivity (Wildman–Crippen MR) is 68.3 cm³/mol. The molecule has 0 spiro atoms. The summed E-state index contributed by atoms with van der Waals surface area (Å²) in [5.41, 5.74) is 0.997. The molecule has 0 radical (unpaired) electrons. The van der Waals surface area contributed by atoms with Crippen molar-refractivity contribution in [3.63, 3.8) is 0 Å². The van der Waals surface area contributed by atoms with Crippen LogP contribution in [0.25, 0.3) is 10.9 Å². The van der Waals surface area contributed by atoms with E-state index in [4.69, 9.17) is 4.74 Å². The van der Waals surface area contributed by atoms with Crippen molar-refractivity contribution in [3.8, 4) is 5.75 Å². The SMILES string of the molecule is CN1CCC(Oc2ccnc3ccccc23)C1. The highest BCUT2D eigenvalue weighted by Crippen LogP contribution is 2.25. The highest BCUT2D eigenvalue weighted by Gasteiger charge is 2.21. The van der Waals surface area contributed by atoms with E-state index >= 15 is 0 Å². The third kappa shape index (κ3) is 2.11. The maximum Gasteiger partial charge on any atom is 0.130 e. The lowest BCUT2D eigenvalue weighted by atomic mass is 10.2. The Hall–Kier alpha value is -1.61. The van der Waals surface area contributed by atoms with Crippen LogP contribution in [-0.2, 0) is 0 Å². The first-order valence-electron chi connectivity index (χ1n) is 6.02. The van der Waals surface area contributed by atoms with Crippen molar-refractivity contribution in [2.75, 3.05) is 20.1 Å². The summed E-state index contributed by atoms with van der Waals surface area (Å²) in [6, 6.07) is 10.1. The number of ether oxygens (including phenoxy) is 1. The van der Waals surface area contributed by atoms with Gasteiger partial charge in [0.1, 0.15) is 11.9 Å². The van der Waals surface area contributed by atoms with Crippen molar-refractivity contribution in [1.82, 2.24) is 9.88 Å². The van der Waals surface area contributed by atoms with Gasteiger partial charge in [0.25, 0.3) is 0 Å². The zero-order valence-corrected chi connectivity index (χ0v) is 9.97. The summed E-state index contributed by atoms with van der Waals surface area (Å²) in [6.45, 7) is 2.13. The minimum Gasteiger partial charge on any atom is -0.488 e. The molecule has 0 saturated carbocycles. The lowest BCUT2D eigenvalue weighted by Crippen LogP contribution is -2.21. The second kappa shape index (κ2) is 4.34. The van der Waals surface area contributed by atoms with Crippen LogP contribution < -0.4 is 4.74 Å². The quantitative estimate of drug-likeness (QED) is 0.788. The van der Waals surface area contributed by atoms with Crippen LogP contribution in [0, 0.1) is 0 Å². The van der Waals surface area contributed by atoms with E-state index in [0.717, 1.165) is 36.2 Å². The minimum absolute atomic E-state index is 0.311. The van der Waals surface area contributed by atoms with Crippen molar-refractivity contribution in [1.29, 1.82) is 0 Å². The second-order valence-corrected chi connectivity index (χ2v) is 4.62. The smallest absolute Gasteiger partial charge is 0.130 e. The molecular weight excluding hydrogens is 212 g/mol. The van der Waals surface area contributed by atoms with Gasteiger partial charge in [0.15, 0.2) is 0 Å². The van der Waals surface area contributed by atoms with Crippen LogP contribution in [0.4, 0.5) is 0 Å². The van der Waals surface area contributed by atoms with Crippen LogP contribution in [0.2, 0.25) is 0 Å². The Labute approximate surface area is 101 Å². The molecule has 2 heterocycles. The Kier molecular flexibility index (Phi) is 2.69. The van der Waals surface area contributed by atoms with Gasteiger partial charge >= 0.3 is 0 Å². The largest absolute Gasteiger partial charge is 0.488 e. The molecule has 3 heteroatoms. The number of fused-ring (bicyclic) bond motifs is 1. The maximum atomic E-state index is 6.08. The molecule has 1 saturated heterocycles. The number of rotatable bonds is 2. The molecule has 1 fully saturated rings. The minimum atomic E-state index is 0.311. The van der Waals surface area contributed by atoms with Crippen LogP contribution in [0.15, 0.2) is 36.5 Å². The van der Waals surface area contributed by atoms with E-state index in [1.807, 2.05) is 30.5 Å². The molecule has 1 aromatic carbocycles. The standard InChI is InChI=1S/C14H16N2O/c1-16-9-7-11(10-16)17-14-6-8-15-13-5-3-2-4-12(13)14/h2-6,8,11H,7,9-10H2,1H3. The van der Waals surface area contributed by atoms with Gasteiger partial charge in [-0.3, -0.25) is 4.98 Å². The number of benzene rings is 1. The molecule has 1 aromatic heterocycles. The molecule has 3 nitrogen and oxygen atoms in total. The second-order valence-electron chi connectivity index (χ2n) is 4.62. The van der Waals surface area contributed by atoms with Crippen LogP contribution in [0.3, 0.4) is 0 Å². The highest BCUT2D eigenvalue weighted by atomic mass is 16.5. The summed E-state index contributed by atoms with van der Waals surface area (Å²) in [6.07, 6.45) is 3.23. The fourth-order valence-electron chi connectivity index (χ4n) is 2.34. The molecule has 1 aliphatic heterocycles. The molecule has 1 unspecified atom stereocenters. The van der Waals surface area contributed by atoms with Crippen molar-refractivity contribution in [3.05, 3.63) is 36.5 Å². The van der Waals surface area contributed by atoms with E-state index in [2.05, 4.69) is 23.0 Å². The number of hydrogen-bond donors (Lipinski definition) is 0. The third-order valence-electron chi connectivity index (χ3n) is 3.25. The summed E-state index contributed by atoms with van der Waals surface area (Å²) >= 11 is 0. The number of pyridine rings is 1. The first kappa shape index (κ1) is 10.5. The molecule has 3 rings (SSSR count). The molecule has 2 aromatic rings. The van der Waals surface area contributed by atoms with Gasteiger partial charge in [-0.05, 0) is 31.7 Å². The summed E-state index contributed by atoms with van der Waals surface area (Å²) in [5, 5.41) is 1.10. The first-order chi connectivity index (χ1) is 8.33. The van der Waals surface area contributed by atoms with Crippen LogP contribution >= 0.6 is 0 Å². The fraction of sp³-hybridized carbons (Fsp3) is 0.357. The van der Waals surface area contributed by atoms with Crippen molar-refractivity contribution in [2.45, 2.75) is 12.5 Å². The maximum absolute atomic E-state index is 6.08. The number of likely N-dealkylation sites (N-methyl/N-ethyl adjacent to an activating group) is 1. The van der Waals surface area contributed by atoms with Gasteiger partial charge in [-0.15, -0.1) is 0 Å². The van der Waals surface area contributed by atoms with Gasteiger partial charge in [0.2, 0.25) is 0 Å². The normalized spacial score (nSPS) is 20.9. The van der Waals surface area contributed by atoms with E-state index in [9.17, 15) is 0 Å². The Morgan fingerprint density at radius 1 is 1.29 bits per heavy atom.